The molecule has 0 amide bonds. The zero-order valence-electron chi connectivity index (χ0n) is 8.44. The fourth-order valence-electron chi connectivity index (χ4n) is 1.84. The maximum Gasteiger partial charge on any atom is 0.147 e. The predicted octanol–water partition coefficient (Wildman–Crippen LogP) is 1.31. The van der Waals surface area contributed by atoms with Gasteiger partial charge in [-0.2, -0.15) is 0 Å². The van der Waals surface area contributed by atoms with Crippen LogP contribution in [0.15, 0.2) is 24.4 Å². The Morgan fingerprint density at radius 3 is 2.93 bits per heavy atom. The second-order valence-corrected chi connectivity index (χ2v) is 3.58. The molecule has 0 saturated heterocycles. The molecule has 1 unspecified atom stereocenters. The Bertz CT molecular complexity index is 493. The van der Waals surface area contributed by atoms with Crippen LogP contribution in [0.3, 0.4) is 0 Å². The molecule has 0 aliphatic carbocycles. The van der Waals surface area contributed by atoms with Crippen LogP contribution in [0.25, 0.3) is 10.9 Å². The van der Waals surface area contributed by atoms with E-state index in [0.29, 0.717) is 11.1 Å². The molecule has 4 heteroatoms. The number of fused-ring (bicyclic) bond motifs is 1. The van der Waals surface area contributed by atoms with E-state index in [1.165, 1.54) is 6.07 Å². The number of aryl methyl sites for hydroxylation is 1. The minimum Gasteiger partial charge on any atom is -0.387 e. The first-order valence-electron chi connectivity index (χ1n) is 4.76. The molecule has 80 valence electrons. The summed E-state index contributed by atoms with van der Waals surface area (Å²) in [4.78, 5) is 0. The number of hydrogen-bond acceptors (Lipinski definition) is 2. The van der Waals surface area contributed by atoms with E-state index in [-0.39, 0.29) is 12.4 Å². The van der Waals surface area contributed by atoms with Gasteiger partial charge in [0.15, 0.2) is 0 Å². The van der Waals surface area contributed by atoms with Gasteiger partial charge in [-0.3, -0.25) is 0 Å². The van der Waals surface area contributed by atoms with Gasteiger partial charge >= 0.3 is 0 Å². The summed E-state index contributed by atoms with van der Waals surface area (Å²) in [7, 11) is 1.75. The third kappa shape index (κ3) is 1.52. The van der Waals surface area contributed by atoms with Crippen molar-refractivity contribution in [2.45, 2.75) is 6.10 Å². The molecule has 2 aromatic rings. The molecular weight excluding hydrogens is 195 g/mol. The molecule has 15 heavy (non-hydrogen) atoms. The second kappa shape index (κ2) is 3.64. The van der Waals surface area contributed by atoms with E-state index in [1.807, 2.05) is 0 Å². The Hall–Kier alpha value is -1.39. The minimum atomic E-state index is -0.740. The van der Waals surface area contributed by atoms with E-state index >= 15 is 0 Å². The number of aromatic nitrogens is 1. The molecule has 0 aliphatic heterocycles. The summed E-state index contributed by atoms with van der Waals surface area (Å²) in [6, 6.07) is 4.82. The van der Waals surface area contributed by atoms with Crippen molar-refractivity contribution in [2.24, 2.45) is 12.8 Å². The predicted molar refractivity (Wildman–Crippen MR) is 56.9 cm³/mol. The lowest BCUT2D eigenvalue weighted by Gasteiger charge is -2.05. The molecule has 2 rings (SSSR count). The Labute approximate surface area is 86.9 Å². The van der Waals surface area contributed by atoms with Crippen LogP contribution in [0.4, 0.5) is 4.39 Å². The first-order valence-corrected chi connectivity index (χ1v) is 4.76. The molecule has 1 aromatic heterocycles. The van der Waals surface area contributed by atoms with E-state index in [0.717, 1.165) is 5.39 Å². The molecule has 3 N–H and O–H groups in total. The molecule has 0 fully saturated rings. The van der Waals surface area contributed by atoms with Gasteiger partial charge in [-0.25, -0.2) is 4.39 Å². The standard InChI is InChI=1S/C11H13FN2O/c1-14-6-8(10(15)5-13)7-3-2-4-9(12)11(7)14/h2-4,6,10,15H,5,13H2,1H3. The van der Waals surface area contributed by atoms with Gasteiger partial charge in [-0.15, -0.1) is 0 Å². The number of rotatable bonds is 2. The molecule has 1 heterocycles. The van der Waals surface area contributed by atoms with Gasteiger partial charge in [0.25, 0.3) is 0 Å². The van der Waals surface area contributed by atoms with E-state index in [1.54, 1.807) is 29.9 Å². The molecule has 0 spiro atoms. The smallest absolute Gasteiger partial charge is 0.147 e. The van der Waals surface area contributed by atoms with Gasteiger partial charge in [-0.1, -0.05) is 12.1 Å². The van der Waals surface area contributed by atoms with Crippen LogP contribution in [-0.4, -0.2) is 16.2 Å². The van der Waals surface area contributed by atoms with E-state index in [2.05, 4.69) is 0 Å². The van der Waals surface area contributed by atoms with Gasteiger partial charge < -0.3 is 15.4 Å². The summed E-state index contributed by atoms with van der Waals surface area (Å²) in [5.74, 6) is -0.287. The average Bonchev–Trinajstić information content (AvgIpc) is 2.56. The number of halogens is 1. The van der Waals surface area contributed by atoms with Gasteiger partial charge in [0.1, 0.15) is 5.82 Å². The first kappa shape index (κ1) is 10.1. The number of aliphatic hydroxyl groups excluding tert-OH is 1. The molecule has 1 aromatic carbocycles. The van der Waals surface area contributed by atoms with Gasteiger partial charge in [0, 0.05) is 30.7 Å². The van der Waals surface area contributed by atoms with Crippen molar-refractivity contribution >= 4 is 10.9 Å². The summed E-state index contributed by atoms with van der Waals surface area (Å²) in [6.45, 7) is 0.135. The topological polar surface area (TPSA) is 51.2 Å². The molecule has 0 aliphatic rings. The number of para-hydroxylation sites is 1. The van der Waals surface area contributed by atoms with Crippen molar-refractivity contribution in [1.82, 2.24) is 4.57 Å². The summed E-state index contributed by atoms with van der Waals surface area (Å²) in [5.41, 5.74) is 6.56. The fraction of sp³-hybridized carbons (Fsp3) is 0.273. The Balaban J connectivity index is 2.73. The van der Waals surface area contributed by atoms with Crippen LogP contribution >= 0.6 is 0 Å². The van der Waals surface area contributed by atoms with E-state index in [4.69, 9.17) is 5.73 Å². The lowest BCUT2D eigenvalue weighted by molar-refractivity contribution is 0.188. The van der Waals surface area contributed by atoms with Crippen LogP contribution < -0.4 is 5.73 Å². The van der Waals surface area contributed by atoms with Crippen molar-refractivity contribution in [3.8, 4) is 0 Å². The van der Waals surface area contributed by atoms with Gasteiger partial charge in [-0.05, 0) is 6.07 Å². The van der Waals surface area contributed by atoms with Crippen LogP contribution in [0.1, 0.15) is 11.7 Å². The summed E-state index contributed by atoms with van der Waals surface area (Å²) >= 11 is 0. The van der Waals surface area contributed by atoms with Crippen molar-refractivity contribution in [3.63, 3.8) is 0 Å². The highest BCUT2D eigenvalue weighted by atomic mass is 19.1. The fourth-order valence-corrected chi connectivity index (χ4v) is 1.84. The summed E-state index contributed by atoms with van der Waals surface area (Å²) in [6.07, 6.45) is 0.973. The SMILES string of the molecule is Cn1cc(C(O)CN)c2cccc(F)c21. The molecule has 1 atom stereocenters. The lowest BCUT2D eigenvalue weighted by Crippen LogP contribution is -2.10. The first-order chi connectivity index (χ1) is 7.15. The maximum atomic E-state index is 13.5. The van der Waals surface area contributed by atoms with Crippen LogP contribution in [0.5, 0.6) is 0 Å². The van der Waals surface area contributed by atoms with Crippen molar-refractivity contribution in [3.05, 3.63) is 35.8 Å². The lowest BCUT2D eigenvalue weighted by atomic mass is 10.1. The van der Waals surface area contributed by atoms with Crippen LogP contribution in [0.2, 0.25) is 0 Å². The largest absolute Gasteiger partial charge is 0.387 e. The third-order valence-corrected chi connectivity index (χ3v) is 2.57. The zero-order chi connectivity index (χ0) is 11.0. The molecule has 3 nitrogen and oxygen atoms in total. The summed E-state index contributed by atoms with van der Waals surface area (Å²) in [5, 5.41) is 10.4. The zero-order valence-corrected chi connectivity index (χ0v) is 8.44. The van der Waals surface area contributed by atoms with E-state index in [9.17, 15) is 9.50 Å². The Kier molecular flexibility index (Phi) is 2.46. The normalized spacial score (nSPS) is 13.3. The highest BCUT2D eigenvalue weighted by Gasteiger charge is 2.15. The third-order valence-electron chi connectivity index (χ3n) is 2.57. The van der Waals surface area contributed by atoms with Gasteiger partial charge in [0.05, 0.1) is 11.6 Å². The average molecular weight is 208 g/mol. The number of benzene rings is 1. The van der Waals surface area contributed by atoms with Crippen molar-refractivity contribution in [2.75, 3.05) is 6.54 Å². The highest BCUT2D eigenvalue weighted by Crippen LogP contribution is 2.27. The van der Waals surface area contributed by atoms with Crippen LogP contribution in [0, 0.1) is 5.82 Å². The Morgan fingerprint density at radius 1 is 1.53 bits per heavy atom. The number of hydrogen-bond donors (Lipinski definition) is 2. The monoisotopic (exact) mass is 208 g/mol. The van der Waals surface area contributed by atoms with Crippen molar-refractivity contribution < 1.29 is 9.50 Å². The molecular formula is C11H13FN2O. The number of nitrogens with two attached hydrogens (primary N) is 1. The number of aliphatic hydroxyl groups is 1. The number of nitrogens with zero attached hydrogens (tertiary/aromatic N) is 1. The summed E-state index contributed by atoms with van der Waals surface area (Å²) < 4.78 is 15.2. The Morgan fingerprint density at radius 2 is 2.27 bits per heavy atom. The molecule has 0 saturated carbocycles. The van der Waals surface area contributed by atoms with Crippen molar-refractivity contribution in [1.29, 1.82) is 0 Å². The molecule has 0 radical (unpaired) electrons. The van der Waals surface area contributed by atoms with Gasteiger partial charge in [0.2, 0.25) is 0 Å². The maximum absolute atomic E-state index is 13.5. The molecule has 0 bridgehead atoms. The highest BCUT2D eigenvalue weighted by molar-refractivity contribution is 5.84. The minimum absolute atomic E-state index is 0.135. The van der Waals surface area contributed by atoms with E-state index < -0.39 is 6.10 Å². The second-order valence-electron chi connectivity index (χ2n) is 3.58. The van der Waals surface area contributed by atoms with Crippen LogP contribution in [-0.2, 0) is 7.05 Å². The quantitative estimate of drug-likeness (QED) is 0.781.